The molecule has 1 aromatic heterocycles. The average Bonchev–Trinajstić information content (AvgIpc) is 2.29. The molecule has 1 heterocycles. The van der Waals surface area contributed by atoms with E-state index < -0.39 is 17.5 Å². The Morgan fingerprint density at radius 3 is 2.59 bits per heavy atom. The third-order valence-electron chi connectivity index (χ3n) is 2.58. The zero-order valence-electron chi connectivity index (χ0n) is 9.97. The van der Waals surface area contributed by atoms with E-state index in [0.717, 1.165) is 4.90 Å². The van der Waals surface area contributed by atoms with Gasteiger partial charge in [0.1, 0.15) is 5.54 Å². The molecule has 2 amide bonds. The van der Waals surface area contributed by atoms with Crippen molar-refractivity contribution in [2.75, 3.05) is 12.4 Å². The van der Waals surface area contributed by atoms with Crippen LogP contribution in [0.3, 0.4) is 0 Å². The van der Waals surface area contributed by atoms with Gasteiger partial charge in [-0.15, -0.1) is 0 Å². The number of hydrogen-bond donors (Lipinski definition) is 2. The molecule has 0 saturated heterocycles. The summed E-state index contributed by atoms with van der Waals surface area (Å²) in [4.78, 5) is 27.7. The Kier molecular flexibility index (Phi) is 3.67. The van der Waals surface area contributed by atoms with E-state index in [9.17, 15) is 9.59 Å². The van der Waals surface area contributed by atoms with Crippen LogP contribution in [0, 0.1) is 0 Å². The Hall–Kier alpha value is -2.11. The summed E-state index contributed by atoms with van der Waals surface area (Å²) in [6, 6.07) is 2.86. The van der Waals surface area contributed by atoms with Gasteiger partial charge < -0.3 is 15.3 Å². The fraction of sp³-hybridized carbons (Fsp3) is 0.364. The first-order valence-electron chi connectivity index (χ1n) is 5.04. The van der Waals surface area contributed by atoms with E-state index in [1.54, 1.807) is 18.3 Å². The van der Waals surface area contributed by atoms with Gasteiger partial charge in [0.05, 0.1) is 11.9 Å². The van der Waals surface area contributed by atoms with Crippen LogP contribution in [0.25, 0.3) is 0 Å². The molecule has 0 bridgehead atoms. The van der Waals surface area contributed by atoms with Crippen molar-refractivity contribution in [1.82, 2.24) is 9.88 Å². The van der Waals surface area contributed by atoms with Crippen molar-refractivity contribution in [1.29, 1.82) is 0 Å². The lowest BCUT2D eigenvalue weighted by atomic mass is 10.1. The number of anilines is 1. The molecule has 0 saturated carbocycles. The lowest BCUT2D eigenvalue weighted by Crippen LogP contribution is -2.52. The summed E-state index contributed by atoms with van der Waals surface area (Å²) >= 11 is 0. The molecule has 17 heavy (non-hydrogen) atoms. The van der Waals surface area contributed by atoms with Crippen molar-refractivity contribution in [2.24, 2.45) is 0 Å². The van der Waals surface area contributed by atoms with E-state index in [2.05, 4.69) is 10.3 Å². The fourth-order valence-electron chi connectivity index (χ4n) is 1.04. The molecule has 6 heteroatoms. The summed E-state index contributed by atoms with van der Waals surface area (Å²) in [6.45, 7) is 2.91. The first-order valence-corrected chi connectivity index (χ1v) is 5.04. The smallest absolute Gasteiger partial charge is 0.329 e. The Bertz CT molecular complexity index is 417. The minimum atomic E-state index is -1.27. The van der Waals surface area contributed by atoms with Gasteiger partial charge in [-0.1, -0.05) is 0 Å². The number of rotatable bonds is 3. The van der Waals surface area contributed by atoms with Crippen molar-refractivity contribution in [2.45, 2.75) is 19.4 Å². The maximum atomic E-state index is 11.8. The number of aromatic nitrogens is 1. The number of carbonyl (C=O) groups is 2. The van der Waals surface area contributed by atoms with Crippen LogP contribution in [0.2, 0.25) is 0 Å². The molecule has 1 rings (SSSR count). The zero-order valence-corrected chi connectivity index (χ0v) is 9.97. The highest BCUT2D eigenvalue weighted by Crippen LogP contribution is 2.14. The number of carboxylic acids is 1. The minimum absolute atomic E-state index is 0.495. The topological polar surface area (TPSA) is 82.5 Å². The highest BCUT2D eigenvalue weighted by Gasteiger charge is 2.35. The van der Waals surface area contributed by atoms with Crippen molar-refractivity contribution >= 4 is 17.7 Å². The molecule has 0 aliphatic carbocycles. The molecular formula is C11H15N3O3. The number of amides is 2. The molecule has 0 aliphatic heterocycles. The van der Waals surface area contributed by atoms with Crippen molar-refractivity contribution < 1.29 is 14.7 Å². The lowest BCUT2D eigenvalue weighted by Gasteiger charge is -2.31. The summed E-state index contributed by atoms with van der Waals surface area (Å²) < 4.78 is 0. The zero-order chi connectivity index (χ0) is 13.1. The van der Waals surface area contributed by atoms with Gasteiger partial charge in [-0.25, -0.2) is 9.59 Å². The van der Waals surface area contributed by atoms with Crippen LogP contribution in [0.5, 0.6) is 0 Å². The van der Waals surface area contributed by atoms with Gasteiger partial charge >= 0.3 is 12.0 Å². The highest BCUT2D eigenvalue weighted by molar-refractivity contribution is 5.93. The molecule has 1 aromatic rings. The molecule has 92 valence electrons. The van der Waals surface area contributed by atoms with Crippen molar-refractivity contribution in [3.05, 3.63) is 24.5 Å². The van der Waals surface area contributed by atoms with Crippen LogP contribution in [0.15, 0.2) is 24.5 Å². The second-order valence-corrected chi connectivity index (χ2v) is 4.10. The van der Waals surface area contributed by atoms with Crippen LogP contribution >= 0.6 is 0 Å². The monoisotopic (exact) mass is 237 g/mol. The molecule has 0 radical (unpaired) electrons. The summed E-state index contributed by atoms with van der Waals surface area (Å²) in [7, 11) is 1.43. The third-order valence-corrected chi connectivity index (χ3v) is 2.58. The van der Waals surface area contributed by atoms with Crippen molar-refractivity contribution in [3.8, 4) is 0 Å². The number of likely N-dealkylation sites (N-methyl/N-ethyl adjacent to an activating group) is 1. The summed E-state index contributed by atoms with van der Waals surface area (Å²) in [5.74, 6) is -1.07. The molecule has 0 aliphatic rings. The predicted molar refractivity (Wildman–Crippen MR) is 62.7 cm³/mol. The first-order chi connectivity index (χ1) is 7.85. The van der Waals surface area contributed by atoms with E-state index in [1.165, 1.54) is 27.1 Å². The van der Waals surface area contributed by atoms with Gasteiger partial charge in [-0.05, 0) is 26.0 Å². The lowest BCUT2D eigenvalue weighted by molar-refractivity contribution is -0.146. The predicted octanol–water partition coefficient (Wildman–Crippen LogP) is 1.41. The van der Waals surface area contributed by atoms with Gasteiger partial charge in [0.2, 0.25) is 0 Å². The van der Waals surface area contributed by atoms with E-state index in [1.807, 2.05) is 0 Å². The fourth-order valence-corrected chi connectivity index (χ4v) is 1.04. The molecule has 0 spiro atoms. The Morgan fingerprint density at radius 2 is 2.12 bits per heavy atom. The van der Waals surface area contributed by atoms with Gasteiger partial charge in [0.25, 0.3) is 0 Å². The van der Waals surface area contributed by atoms with Crippen molar-refractivity contribution in [3.63, 3.8) is 0 Å². The number of nitrogens with zero attached hydrogens (tertiary/aromatic N) is 2. The van der Waals surface area contributed by atoms with E-state index in [-0.39, 0.29) is 0 Å². The molecule has 0 fully saturated rings. The highest BCUT2D eigenvalue weighted by atomic mass is 16.4. The number of urea groups is 1. The second-order valence-electron chi connectivity index (χ2n) is 4.10. The van der Waals surface area contributed by atoms with Crippen LogP contribution in [0.1, 0.15) is 13.8 Å². The van der Waals surface area contributed by atoms with E-state index in [4.69, 9.17) is 5.11 Å². The SMILES string of the molecule is CN(C(=O)Nc1cccnc1)C(C)(C)C(=O)O. The number of carboxylic acid groups (broad SMARTS) is 1. The quantitative estimate of drug-likeness (QED) is 0.832. The molecular weight excluding hydrogens is 222 g/mol. The van der Waals surface area contributed by atoms with Gasteiger partial charge in [-0.2, -0.15) is 0 Å². The van der Waals surface area contributed by atoms with Crippen LogP contribution in [-0.4, -0.2) is 39.6 Å². The number of carbonyl (C=O) groups excluding carboxylic acids is 1. The average molecular weight is 237 g/mol. The number of pyridine rings is 1. The van der Waals surface area contributed by atoms with E-state index in [0.29, 0.717) is 5.69 Å². The Morgan fingerprint density at radius 1 is 1.47 bits per heavy atom. The third kappa shape index (κ3) is 2.93. The summed E-state index contributed by atoms with van der Waals surface area (Å²) in [5.41, 5.74) is -0.753. The molecule has 2 N–H and O–H groups in total. The molecule has 0 unspecified atom stereocenters. The van der Waals surface area contributed by atoms with Crippen LogP contribution < -0.4 is 5.32 Å². The van der Waals surface area contributed by atoms with Gasteiger partial charge in [0.15, 0.2) is 0 Å². The molecule has 0 atom stereocenters. The Labute approximate surface area is 99.3 Å². The number of nitrogens with one attached hydrogen (secondary N) is 1. The largest absolute Gasteiger partial charge is 0.480 e. The minimum Gasteiger partial charge on any atom is -0.480 e. The molecule has 6 nitrogen and oxygen atoms in total. The van der Waals surface area contributed by atoms with Crippen LogP contribution in [-0.2, 0) is 4.79 Å². The summed E-state index contributed by atoms with van der Waals surface area (Å²) in [6.07, 6.45) is 3.07. The maximum absolute atomic E-state index is 11.8. The standard InChI is InChI=1S/C11H15N3O3/c1-11(2,9(15)16)14(3)10(17)13-8-5-4-6-12-7-8/h4-7H,1-3H3,(H,13,17)(H,15,16). The normalized spacial score (nSPS) is 10.8. The Balaban J connectivity index is 2.75. The first kappa shape index (κ1) is 13.0. The number of hydrogen-bond acceptors (Lipinski definition) is 3. The van der Waals surface area contributed by atoms with Gasteiger partial charge in [0, 0.05) is 13.2 Å². The maximum Gasteiger partial charge on any atom is 0.329 e. The molecule has 0 aromatic carbocycles. The summed E-state index contributed by atoms with van der Waals surface area (Å²) in [5, 5.41) is 11.6. The van der Waals surface area contributed by atoms with Crippen LogP contribution in [0.4, 0.5) is 10.5 Å². The van der Waals surface area contributed by atoms with E-state index >= 15 is 0 Å². The second kappa shape index (κ2) is 4.82. The number of aliphatic carboxylic acids is 1. The van der Waals surface area contributed by atoms with Gasteiger partial charge in [-0.3, -0.25) is 4.98 Å².